The first kappa shape index (κ1) is 22.2. The molecule has 12 heteroatoms. The molecule has 0 aliphatic heterocycles. The summed E-state index contributed by atoms with van der Waals surface area (Å²) in [5.74, 6) is 2.16. The van der Waals surface area contributed by atoms with Gasteiger partial charge in [-0.25, -0.2) is 5.43 Å². The lowest BCUT2D eigenvalue weighted by Crippen LogP contribution is -2.07. The second kappa shape index (κ2) is 10.1. The molecular formula is C22H20N8O4. The van der Waals surface area contributed by atoms with Crippen LogP contribution in [0.25, 0.3) is 11.3 Å². The van der Waals surface area contributed by atoms with Crippen LogP contribution in [-0.2, 0) is 0 Å². The molecule has 4 aromatic rings. The maximum Gasteiger partial charge on any atom is 0.273 e. The van der Waals surface area contributed by atoms with Gasteiger partial charge < -0.3 is 19.8 Å². The first-order chi connectivity index (χ1) is 16.6. The van der Waals surface area contributed by atoms with Crippen LogP contribution in [0.3, 0.4) is 0 Å². The van der Waals surface area contributed by atoms with Crippen LogP contribution in [-0.4, -0.2) is 40.2 Å². The van der Waals surface area contributed by atoms with Gasteiger partial charge in [0.15, 0.2) is 0 Å². The Morgan fingerprint density at radius 3 is 2.53 bits per heavy atom. The summed E-state index contributed by atoms with van der Waals surface area (Å²) in [5.41, 5.74) is 4.09. The number of aromatic nitrogens is 3. The van der Waals surface area contributed by atoms with Crippen molar-refractivity contribution >= 4 is 35.4 Å². The molecule has 172 valence electrons. The number of hydrogen-bond acceptors (Lipinski definition) is 11. The monoisotopic (exact) mass is 460 g/mol. The highest BCUT2D eigenvalue weighted by molar-refractivity contribution is 5.79. The highest BCUT2D eigenvalue weighted by atomic mass is 16.6. The fourth-order valence-corrected chi connectivity index (χ4v) is 2.96. The van der Waals surface area contributed by atoms with Crippen LogP contribution in [0.5, 0.6) is 5.75 Å². The van der Waals surface area contributed by atoms with Crippen LogP contribution in [0.1, 0.15) is 5.76 Å². The number of furan rings is 1. The number of hydrazone groups is 1. The van der Waals surface area contributed by atoms with Crippen LogP contribution in [0, 0.1) is 10.1 Å². The van der Waals surface area contributed by atoms with Gasteiger partial charge in [0.2, 0.25) is 17.8 Å². The lowest BCUT2D eigenvalue weighted by Gasteiger charge is -2.08. The van der Waals surface area contributed by atoms with Crippen LogP contribution in [0.15, 0.2) is 70.2 Å². The molecule has 0 aliphatic rings. The largest absolute Gasteiger partial charge is 0.496 e. The van der Waals surface area contributed by atoms with Crippen LogP contribution in [0.2, 0.25) is 0 Å². The molecule has 0 saturated carbocycles. The van der Waals surface area contributed by atoms with E-state index in [0.29, 0.717) is 34.7 Å². The van der Waals surface area contributed by atoms with Crippen molar-refractivity contribution in [3.8, 4) is 17.1 Å². The molecule has 12 nitrogen and oxygen atoms in total. The SMILES string of the molecule is CNc1nc(N/N=C/c2ccc(-c3ccc([N+](=O)[O-])cc3OC)o2)nc(Nc2ccccc2)n1. The Bertz CT molecular complexity index is 1320. The van der Waals surface area contributed by atoms with Gasteiger partial charge in [-0.3, -0.25) is 10.1 Å². The van der Waals surface area contributed by atoms with Crippen molar-refractivity contribution in [2.45, 2.75) is 0 Å². The number of hydrogen-bond donors (Lipinski definition) is 3. The highest BCUT2D eigenvalue weighted by Crippen LogP contribution is 2.34. The first-order valence-corrected chi connectivity index (χ1v) is 10.0. The molecule has 0 amide bonds. The van der Waals surface area contributed by atoms with E-state index in [-0.39, 0.29) is 11.6 Å². The molecule has 0 radical (unpaired) electrons. The number of para-hydroxylation sites is 1. The second-order valence-electron chi connectivity index (χ2n) is 6.76. The predicted octanol–water partition coefficient (Wildman–Crippen LogP) is 4.28. The molecule has 0 spiro atoms. The average Bonchev–Trinajstić information content (AvgIpc) is 3.32. The van der Waals surface area contributed by atoms with Crippen molar-refractivity contribution in [1.82, 2.24) is 15.0 Å². The summed E-state index contributed by atoms with van der Waals surface area (Å²) < 4.78 is 11.1. The Labute approximate surface area is 193 Å². The Morgan fingerprint density at radius 2 is 1.79 bits per heavy atom. The summed E-state index contributed by atoms with van der Waals surface area (Å²) in [6.45, 7) is 0. The van der Waals surface area contributed by atoms with Crippen LogP contribution >= 0.6 is 0 Å². The van der Waals surface area contributed by atoms with E-state index in [1.807, 2.05) is 30.3 Å². The molecular weight excluding hydrogens is 440 g/mol. The number of ether oxygens (including phenoxy) is 1. The van der Waals surface area contributed by atoms with Crippen LogP contribution < -0.4 is 20.8 Å². The summed E-state index contributed by atoms with van der Waals surface area (Å²) in [6.07, 6.45) is 1.45. The van der Waals surface area contributed by atoms with Gasteiger partial charge >= 0.3 is 0 Å². The molecule has 2 aromatic carbocycles. The summed E-state index contributed by atoms with van der Waals surface area (Å²) in [6, 6.07) is 17.2. The van der Waals surface area contributed by atoms with Crippen LogP contribution in [0.4, 0.5) is 29.2 Å². The fraction of sp³-hybridized carbons (Fsp3) is 0.0909. The van der Waals surface area contributed by atoms with E-state index in [1.54, 1.807) is 25.2 Å². The minimum atomic E-state index is -0.486. The van der Waals surface area contributed by atoms with Gasteiger partial charge in [0.05, 0.1) is 29.9 Å². The van der Waals surface area contributed by atoms with E-state index in [1.165, 1.54) is 25.5 Å². The molecule has 0 bridgehead atoms. The lowest BCUT2D eigenvalue weighted by atomic mass is 10.1. The summed E-state index contributed by atoms with van der Waals surface area (Å²) in [4.78, 5) is 23.3. The molecule has 3 N–H and O–H groups in total. The summed E-state index contributed by atoms with van der Waals surface area (Å²) in [5, 5.41) is 21.1. The number of non-ortho nitro benzene ring substituents is 1. The third-order valence-electron chi connectivity index (χ3n) is 4.53. The number of nitrogens with one attached hydrogen (secondary N) is 3. The average molecular weight is 460 g/mol. The van der Waals surface area contributed by atoms with Gasteiger partial charge in [0, 0.05) is 18.8 Å². The number of nitrogens with zero attached hydrogens (tertiary/aromatic N) is 5. The molecule has 0 atom stereocenters. The highest BCUT2D eigenvalue weighted by Gasteiger charge is 2.15. The van der Waals surface area contributed by atoms with Gasteiger partial charge in [-0.05, 0) is 30.3 Å². The quantitative estimate of drug-likeness (QED) is 0.187. The van der Waals surface area contributed by atoms with Gasteiger partial charge in [0.25, 0.3) is 5.69 Å². The number of nitro benzene ring substituents is 1. The Kier molecular flexibility index (Phi) is 6.58. The van der Waals surface area contributed by atoms with E-state index < -0.39 is 4.92 Å². The van der Waals surface area contributed by atoms with Gasteiger partial charge in [-0.1, -0.05) is 18.2 Å². The first-order valence-electron chi connectivity index (χ1n) is 10.0. The molecule has 34 heavy (non-hydrogen) atoms. The normalized spacial score (nSPS) is 10.8. The topological polar surface area (TPSA) is 153 Å². The summed E-state index contributed by atoms with van der Waals surface area (Å²) in [7, 11) is 3.14. The number of methoxy groups -OCH3 is 1. The number of nitro groups is 1. The van der Waals surface area contributed by atoms with Crippen molar-refractivity contribution < 1.29 is 14.1 Å². The van der Waals surface area contributed by atoms with E-state index >= 15 is 0 Å². The fourth-order valence-electron chi connectivity index (χ4n) is 2.96. The van der Waals surface area contributed by atoms with E-state index in [2.05, 4.69) is 36.1 Å². The molecule has 4 rings (SSSR count). The number of rotatable bonds is 9. The third-order valence-corrected chi connectivity index (χ3v) is 4.53. The smallest absolute Gasteiger partial charge is 0.273 e. The van der Waals surface area contributed by atoms with Crippen molar-refractivity contribution in [1.29, 1.82) is 0 Å². The molecule has 0 aliphatic carbocycles. The zero-order valence-corrected chi connectivity index (χ0v) is 18.2. The van der Waals surface area contributed by atoms with Gasteiger partial charge in [-0.2, -0.15) is 20.1 Å². The Hall–Kier alpha value is -5.00. The Morgan fingerprint density at radius 1 is 1.03 bits per heavy atom. The lowest BCUT2D eigenvalue weighted by molar-refractivity contribution is -0.384. The molecule has 0 fully saturated rings. The maximum absolute atomic E-state index is 11.0. The van der Waals surface area contributed by atoms with Crippen molar-refractivity contribution in [3.05, 3.63) is 76.5 Å². The maximum atomic E-state index is 11.0. The minimum absolute atomic E-state index is 0.0717. The number of anilines is 4. The molecule has 0 saturated heterocycles. The van der Waals surface area contributed by atoms with E-state index in [0.717, 1.165) is 5.69 Å². The zero-order valence-electron chi connectivity index (χ0n) is 18.2. The Balaban J connectivity index is 1.48. The minimum Gasteiger partial charge on any atom is -0.496 e. The molecule has 0 unspecified atom stereocenters. The second-order valence-corrected chi connectivity index (χ2v) is 6.76. The van der Waals surface area contributed by atoms with Gasteiger partial charge in [-0.15, -0.1) is 0 Å². The predicted molar refractivity (Wildman–Crippen MR) is 128 cm³/mol. The zero-order chi connectivity index (χ0) is 23.9. The molecule has 2 heterocycles. The third kappa shape index (κ3) is 5.24. The number of benzene rings is 2. The van der Waals surface area contributed by atoms with Crippen molar-refractivity contribution in [2.24, 2.45) is 5.10 Å². The van der Waals surface area contributed by atoms with E-state index in [4.69, 9.17) is 9.15 Å². The van der Waals surface area contributed by atoms with Gasteiger partial charge in [0.1, 0.15) is 17.3 Å². The molecule has 2 aromatic heterocycles. The van der Waals surface area contributed by atoms with Crippen molar-refractivity contribution in [2.75, 3.05) is 30.2 Å². The van der Waals surface area contributed by atoms with Crippen molar-refractivity contribution in [3.63, 3.8) is 0 Å². The van der Waals surface area contributed by atoms with E-state index in [9.17, 15) is 10.1 Å². The summed E-state index contributed by atoms with van der Waals surface area (Å²) >= 11 is 0. The standard InChI is InChI=1S/C22H20N8O4/c1-23-20-26-21(25-14-6-4-3-5-7-14)28-22(27-20)29-24-13-16-9-11-18(34-16)17-10-8-15(30(31)32)12-19(17)33-2/h3-13H,1-2H3,(H3,23,25,26,27,28,29)/b24-13+.